The molecule has 2 aromatic rings. The Hall–Kier alpha value is -1.36. The van der Waals surface area contributed by atoms with E-state index >= 15 is 0 Å². The van der Waals surface area contributed by atoms with E-state index in [9.17, 15) is 10.00 Å². The normalized spacial score (nSPS) is 35.4. The van der Waals surface area contributed by atoms with Gasteiger partial charge in [-0.3, -0.25) is 0 Å². The van der Waals surface area contributed by atoms with Crippen molar-refractivity contribution in [3.05, 3.63) is 12.7 Å². The summed E-state index contributed by atoms with van der Waals surface area (Å²) < 4.78 is 18.1. The first kappa shape index (κ1) is 14.3. The third-order valence-electron chi connectivity index (χ3n) is 3.84. The van der Waals surface area contributed by atoms with Crippen molar-refractivity contribution in [1.82, 2.24) is 19.5 Å². The van der Waals surface area contributed by atoms with Crippen molar-refractivity contribution in [2.24, 2.45) is 0 Å². The molecule has 0 bridgehead atoms. The zero-order chi connectivity index (χ0) is 15.5. The van der Waals surface area contributed by atoms with Gasteiger partial charge in [0.15, 0.2) is 0 Å². The molecule has 0 amide bonds. The van der Waals surface area contributed by atoms with Gasteiger partial charge in [-0.25, -0.2) is 0 Å². The van der Waals surface area contributed by atoms with Crippen LogP contribution in [-0.4, -0.2) is 62.0 Å². The van der Waals surface area contributed by atoms with E-state index in [1.165, 1.54) is 20.2 Å². The molecule has 2 saturated heterocycles. The maximum absolute atomic E-state index is 10.5. The number of imidazole rings is 1. The first-order chi connectivity index (χ1) is 10.5. The molecule has 0 aliphatic carbocycles. The molecule has 2 aromatic heterocycles. The van der Waals surface area contributed by atoms with Crippen LogP contribution in [0.4, 0.5) is 5.82 Å². The Morgan fingerprint density at radius 2 is 2.23 bits per heavy atom. The molecule has 4 N–H and O–H groups in total. The molecule has 2 fully saturated rings. The van der Waals surface area contributed by atoms with Gasteiger partial charge in [-0.15, -0.1) is 0 Å². The number of aliphatic hydroxyl groups excluding tert-OH is 1. The molecular weight excluding hydrogens is 312 g/mol. The molecule has 4 heterocycles. The quantitative estimate of drug-likeness (QED) is 0.406. The summed E-state index contributed by atoms with van der Waals surface area (Å²) >= 11 is 0. The summed E-state index contributed by atoms with van der Waals surface area (Å²) in [6.07, 6.45) is -0.0532. The van der Waals surface area contributed by atoms with Crippen LogP contribution in [0.2, 0.25) is 0 Å². The van der Waals surface area contributed by atoms with Crippen molar-refractivity contribution in [1.29, 1.82) is 0 Å². The second kappa shape index (κ2) is 4.82. The van der Waals surface area contributed by atoms with Crippen LogP contribution in [-0.2, 0) is 13.8 Å². The van der Waals surface area contributed by atoms with Crippen molar-refractivity contribution in [2.45, 2.75) is 24.5 Å². The minimum atomic E-state index is -3.21. The molecule has 2 aliphatic rings. The molecule has 0 saturated carbocycles. The van der Waals surface area contributed by atoms with Crippen LogP contribution in [0.5, 0.6) is 0 Å². The molecule has 118 valence electrons. The second-order valence-corrected chi connectivity index (χ2v) is 7.75. The van der Waals surface area contributed by atoms with E-state index < -0.39 is 32.4 Å². The Bertz CT molecular complexity index is 729. The number of ether oxygens (including phenoxy) is 1. The van der Waals surface area contributed by atoms with Gasteiger partial charge in [0.2, 0.25) is 0 Å². The van der Waals surface area contributed by atoms with Gasteiger partial charge in [-0.2, -0.15) is 0 Å². The summed E-state index contributed by atoms with van der Waals surface area (Å²) in [7, 11) is -1.70. The Kier molecular flexibility index (Phi) is 3.12. The monoisotopic (exact) mass is 327 g/mol. The molecular formula is C10H15BN5O5P. The number of nitrogens with zero attached hydrogens (tertiary/aromatic N) is 4. The van der Waals surface area contributed by atoms with Crippen LogP contribution in [0.25, 0.3) is 11.2 Å². The molecule has 0 spiro atoms. The number of fused-ring (bicyclic) bond motifs is 2. The number of nitrogen functional groups attached to an aromatic ring is 1. The summed E-state index contributed by atoms with van der Waals surface area (Å²) in [6.45, 7) is 0.168. The second-order valence-electron chi connectivity index (χ2n) is 5.43. The zero-order valence-electron chi connectivity index (χ0n) is 11.7. The molecule has 0 radical (unpaired) electrons. The first-order valence-corrected chi connectivity index (χ1v) is 9.03. The van der Waals surface area contributed by atoms with Crippen LogP contribution in [0.1, 0.15) is 6.23 Å². The average molecular weight is 327 g/mol. The van der Waals surface area contributed by atoms with Crippen molar-refractivity contribution in [3.63, 3.8) is 0 Å². The number of nitrogens with two attached hydrogens (primary N) is 1. The topological polar surface area (TPSA) is 138 Å². The van der Waals surface area contributed by atoms with Gasteiger partial charge < -0.3 is 0 Å². The summed E-state index contributed by atoms with van der Waals surface area (Å²) in [4.78, 5) is 22.1. The third kappa shape index (κ3) is 2.09. The number of hydrogen-bond donors (Lipinski definition) is 3. The third-order valence-corrected chi connectivity index (χ3v) is 5.25. The number of aromatic nitrogens is 4. The predicted molar refractivity (Wildman–Crippen MR) is 79.6 cm³/mol. The Labute approximate surface area is 126 Å². The summed E-state index contributed by atoms with van der Waals surface area (Å²) in [6, 6.07) is 0. The van der Waals surface area contributed by atoms with Gasteiger partial charge in [-0.1, -0.05) is 0 Å². The standard InChI is InChI=1S/C10H15BN5O5P/c11-22(18)19-1-4-7(21-22)6(17)10(20-4)16-3-15-5-8(12)13-2-14-9(5)16/h2-4,6-7,10,17-18,22H,1,11H2,(H2,12,13,14)/t4-,6?,7-,10-/m1/s1. The van der Waals surface area contributed by atoms with E-state index in [4.69, 9.17) is 19.5 Å². The fourth-order valence-corrected chi connectivity index (χ4v) is 4.15. The Balaban J connectivity index is 1.70. The van der Waals surface area contributed by atoms with E-state index in [1.54, 1.807) is 4.57 Å². The van der Waals surface area contributed by atoms with E-state index in [1.807, 2.05) is 0 Å². The Morgan fingerprint density at radius 1 is 1.41 bits per heavy atom. The van der Waals surface area contributed by atoms with Gasteiger partial charge in [-0.05, 0) is 0 Å². The first-order valence-electron chi connectivity index (χ1n) is 6.77. The molecule has 0 aromatic carbocycles. The van der Waals surface area contributed by atoms with Crippen LogP contribution in [0.3, 0.4) is 0 Å². The van der Waals surface area contributed by atoms with Crippen LogP contribution >= 0.6 is 7.82 Å². The van der Waals surface area contributed by atoms with Crippen LogP contribution < -0.4 is 5.73 Å². The molecule has 4 rings (SSSR count). The van der Waals surface area contributed by atoms with Crippen molar-refractivity contribution in [2.75, 3.05) is 12.3 Å². The average Bonchev–Trinajstić information content (AvgIpc) is 3.01. The van der Waals surface area contributed by atoms with Crippen molar-refractivity contribution in [3.8, 4) is 0 Å². The SMILES string of the molecule is B[PH]1(O)OC[C@H]2O[C@@H](n3cnc4c(N)ncnc43)C(O)[C@@H]2O1. The van der Waals surface area contributed by atoms with Crippen molar-refractivity contribution >= 4 is 32.4 Å². The number of aliphatic hydroxyl groups is 1. The van der Waals surface area contributed by atoms with Gasteiger partial charge in [0, 0.05) is 0 Å². The fourth-order valence-electron chi connectivity index (χ4n) is 2.81. The van der Waals surface area contributed by atoms with E-state index in [0.29, 0.717) is 11.2 Å². The fraction of sp³-hybridized carbons (Fsp3) is 0.500. The van der Waals surface area contributed by atoms with Gasteiger partial charge >= 0.3 is 125 Å². The molecule has 2 aliphatic heterocycles. The molecule has 1 unspecified atom stereocenters. The summed E-state index contributed by atoms with van der Waals surface area (Å²) in [5.74, 6) is 0.253. The number of rotatable bonds is 1. The van der Waals surface area contributed by atoms with Crippen molar-refractivity contribution < 1.29 is 23.8 Å². The maximum atomic E-state index is 10.5. The van der Waals surface area contributed by atoms with Gasteiger partial charge in [0.25, 0.3) is 0 Å². The number of anilines is 1. The predicted octanol–water partition coefficient (Wildman–Crippen LogP) is -1.88. The summed E-state index contributed by atoms with van der Waals surface area (Å²) in [5.41, 5.74) is 6.65. The molecule has 12 heteroatoms. The zero-order valence-corrected chi connectivity index (χ0v) is 12.7. The number of hydrogen-bond acceptors (Lipinski definition) is 9. The van der Waals surface area contributed by atoms with E-state index in [2.05, 4.69) is 15.0 Å². The molecule has 10 nitrogen and oxygen atoms in total. The molecule has 4 atom stereocenters. The Morgan fingerprint density at radius 3 is 3.05 bits per heavy atom. The summed E-state index contributed by atoms with van der Waals surface area (Å²) in [5, 5.41) is 10.5. The van der Waals surface area contributed by atoms with E-state index in [-0.39, 0.29) is 12.4 Å². The van der Waals surface area contributed by atoms with Gasteiger partial charge in [0.05, 0.1) is 0 Å². The molecule has 22 heavy (non-hydrogen) atoms. The van der Waals surface area contributed by atoms with Crippen LogP contribution in [0.15, 0.2) is 12.7 Å². The van der Waals surface area contributed by atoms with Gasteiger partial charge in [0.1, 0.15) is 0 Å². The van der Waals surface area contributed by atoms with Crippen LogP contribution in [0, 0.1) is 0 Å². The van der Waals surface area contributed by atoms with E-state index in [0.717, 1.165) is 0 Å². The minimum absolute atomic E-state index is 0.168.